The second-order valence-corrected chi connectivity index (χ2v) is 7.34. The Kier molecular flexibility index (Phi) is 6.57. The second-order valence-electron chi connectivity index (χ2n) is 6.94. The van der Waals surface area contributed by atoms with E-state index in [1.165, 1.54) is 50.2 Å². The zero-order valence-electron chi connectivity index (χ0n) is 18.4. The quantitative estimate of drug-likeness (QED) is 0.386. The molecule has 0 aliphatic heterocycles. The van der Waals surface area contributed by atoms with Crippen molar-refractivity contribution in [1.82, 2.24) is 19.5 Å². The molecule has 0 atom stereocenters. The van der Waals surface area contributed by atoms with Crippen LogP contribution in [0.5, 0.6) is 23.1 Å². The summed E-state index contributed by atoms with van der Waals surface area (Å²) in [5.74, 6) is 0.404. The van der Waals surface area contributed by atoms with E-state index in [9.17, 15) is 14.3 Å². The third-order valence-electron chi connectivity index (χ3n) is 5.03. The zero-order chi connectivity index (χ0) is 24.4. The van der Waals surface area contributed by atoms with Crippen molar-refractivity contribution < 1.29 is 28.4 Å². The van der Waals surface area contributed by atoms with Crippen molar-refractivity contribution in [3.8, 4) is 28.8 Å². The summed E-state index contributed by atoms with van der Waals surface area (Å²) in [4.78, 5) is 23.8. The Morgan fingerprint density at radius 2 is 1.85 bits per heavy atom. The maximum Gasteiger partial charge on any atom is 0.332 e. The van der Waals surface area contributed by atoms with Crippen LogP contribution in [-0.4, -0.2) is 46.0 Å². The van der Waals surface area contributed by atoms with Gasteiger partial charge in [-0.25, -0.2) is 18.7 Å². The van der Waals surface area contributed by atoms with E-state index in [0.29, 0.717) is 5.75 Å². The molecule has 2 heterocycles. The highest BCUT2D eigenvalue weighted by Gasteiger charge is 2.21. The summed E-state index contributed by atoms with van der Waals surface area (Å²) < 4.78 is 37.2. The number of hydrogen-bond donors (Lipinski definition) is 2. The van der Waals surface area contributed by atoms with Crippen LogP contribution in [0.2, 0.25) is 5.02 Å². The molecule has 0 amide bonds. The molecule has 4 aromatic rings. The molecule has 34 heavy (non-hydrogen) atoms. The van der Waals surface area contributed by atoms with Crippen LogP contribution in [0, 0.1) is 5.82 Å². The van der Waals surface area contributed by atoms with Crippen molar-refractivity contribution in [3.63, 3.8) is 0 Å². The van der Waals surface area contributed by atoms with E-state index in [1.807, 2.05) is 0 Å². The molecule has 0 unspecified atom stereocenters. The lowest BCUT2D eigenvalue weighted by molar-refractivity contribution is 0.269. The van der Waals surface area contributed by atoms with Crippen LogP contribution in [0.1, 0.15) is 11.4 Å². The van der Waals surface area contributed by atoms with Crippen LogP contribution < -0.4 is 24.6 Å². The second kappa shape index (κ2) is 9.57. The number of nitrogens with one attached hydrogen (secondary N) is 1. The Labute approximate surface area is 197 Å². The maximum absolute atomic E-state index is 14.4. The standard InChI is InChI=1S/C22H20ClFN4O6/c1-31-15-6-4-5-13(24)11(15)10-34-17-8-14(12(23)7-16(17)32-2)28-20-19(27-22(28)30)21(33-3)26-18(9-29)25-20/h4-8,29H,9-10H2,1-3H3,(H,27,30). The summed E-state index contributed by atoms with van der Waals surface area (Å²) >= 11 is 6.47. The van der Waals surface area contributed by atoms with Crippen molar-refractivity contribution in [1.29, 1.82) is 0 Å². The summed E-state index contributed by atoms with van der Waals surface area (Å²) in [7, 11) is 4.23. The molecule has 0 spiro atoms. The molecule has 0 bridgehead atoms. The van der Waals surface area contributed by atoms with Gasteiger partial charge < -0.3 is 24.1 Å². The number of aliphatic hydroxyl groups is 1. The fourth-order valence-corrected chi connectivity index (χ4v) is 3.67. The third kappa shape index (κ3) is 4.11. The van der Waals surface area contributed by atoms with Gasteiger partial charge in [0.2, 0.25) is 5.88 Å². The number of benzene rings is 2. The molecule has 178 valence electrons. The smallest absolute Gasteiger partial charge is 0.332 e. The van der Waals surface area contributed by atoms with Crippen molar-refractivity contribution in [2.75, 3.05) is 21.3 Å². The van der Waals surface area contributed by atoms with Crippen LogP contribution in [-0.2, 0) is 13.2 Å². The number of nitrogens with zero attached hydrogens (tertiary/aromatic N) is 3. The Bertz CT molecular complexity index is 1420. The molecule has 4 rings (SSSR count). The molecule has 2 aromatic heterocycles. The van der Waals surface area contributed by atoms with Gasteiger partial charge in [0, 0.05) is 12.1 Å². The van der Waals surface area contributed by atoms with Gasteiger partial charge >= 0.3 is 5.69 Å². The van der Waals surface area contributed by atoms with Gasteiger partial charge in [-0.15, -0.1) is 0 Å². The Morgan fingerprint density at radius 1 is 1.09 bits per heavy atom. The SMILES string of the molecule is COc1cc(Cl)c(-n2c(=O)[nH]c3c(OC)nc(CO)nc32)cc1OCc1c(F)cccc1OC. The molecule has 0 saturated heterocycles. The summed E-state index contributed by atoms with van der Waals surface area (Å²) in [5, 5.41) is 9.67. The topological polar surface area (TPSA) is 121 Å². The van der Waals surface area contributed by atoms with Gasteiger partial charge in [0.15, 0.2) is 23.0 Å². The van der Waals surface area contributed by atoms with E-state index in [4.69, 9.17) is 30.5 Å². The van der Waals surface area contributed by atoms with E-state index < -0.39 is 18.1 Å². The summed E-state index contributed by atoms with van der Waals surface area (Å²) in [6.07, 6.45) is 0. The summed E-state index contributed by atoms with van der Waals surface area (Å²) in [6.45, 7) is -0.651. The Balaban J connectivity index is 1.84. The van der Waals surface area contributed by atoms with Gasteiger partial charge in [-0.2, -0.15) is 4.98 Å². The number of aromatic amines is 1. The van der Waals surface area contributed by atoms with Gasteiger partial charge in [-0.1, -0.05) is 17.7 Å². The van der Waals surface area contributed by atoms with Crippen molar-refractivity contribution in [3.05, 3.63) is 63.0 Å². The summed E-state index contributed by atoms with van der Waals surface area (Å²) in [5.41, 5.74) is 0.188. The number of aromatic nitrogens is 4. The number of fused-ring (bicyclic) bond motifs is 1. The predicted molar refractivity (Wildman–Crippen MR) is 121 cm³/mol. The molecule has 10 nitrogen and oxygen atoms in total. The van der Waals surface area contributed by atoms with Gasteiger partial charge in [0.05, 0.1) is 37.6 Å². The molecule has 2 aromatic carbocycles. The fraction of sp³-hybridized carbons (Fsp3) is 0.227. The highest BCUT2D eigenvalue weighted by Crippen LogP contribution is 2.37. The minimum atomic E-state index is -0.577. The molecule has 0 aliphatic carbocycles. The molecule has 0 fully saturated rings. The number of methoxy groups -OCH3 is 3. The first-order valence-corrected chi connectivity index (χ1v) is 10.3. The Morgan fingerprint density at radius 3 is 2.53 bits per heavy atom. The molecule has 0 aliphatic rings. The number of H-pyrrole nitrogens is 1. The average molecular weight is 491 g/mol. The lowest BCUT2D eigenvalue weighted by Crippen LogP contribution is -2.16. The van der Waals surface area contributed by atoms with Crippen LogP contribution in [0.15, 0.2) is 35.1 Å². The van der Waals surface area contributed by atoms with E-state index in [-0.39, 0.29) is 57.2 Å². The van der Waals surface area contributed by atoms with E-state index in [1.54, 1.807) is 6.07 Å². The lowest BCUT2D eigenvalue weighted by Gasteiger charge is -2.16. The highest BCUT2D eigenvalue weighted by molar-refractivity contribution is 6.32. The fourth-order valence-electron chi connectivity index (χ4n) is 3.43. The minimum Gasteiger partial charge on any atom is -0.496 e. The van der Waals surface area contributed by atoms with Gasteiger partial charge in [-0.05, 0) is 12.1 Å². The highest BCUT2D eigenvalue weighted by atomic mass is 35.5. The van der Waals surface area contributed by atoms with Crippen molar-refractivity contribution in [2.24, 2.45) is 0 Å². The van der Waals surface area contributed by atoms with Crippen LogP contribution in [0.4, 0.5) is 4.39 Å². The number of halogens is 2. The predicted octanol–water partition coefficient (Wildman–Crippen LogP) is 3.00. The van der Waals surface area contributed by atoms with Crippen LogP contribution in [0.25, 0.3) is 16.9 Å². The largest absolute Gasteiger partial charge is 0.496 e. The molecular formula is C22H20ClFN4O6. The van der Waals surface area contributed by atoms with Gasteiger partial charge in [-0.3, -0.25) is 4.98 Å². The molecule has 12 heteroatoms. The first-order valence-electron chi connectivity index (χ1n) is 9.90. The molecular weight excluding hydrogens is 471 g/mol. The first kappa shape index (κ1) is 23.3. The Hall–Kier alpha value is -3.83. The maximum atomic E-state index is 14.4. The average Bonchev–Trinajstić information content (AvgIpc) is 3.18. The third-order valence-corrected chi connectivity index (χ3v) is 5.33. The van der Waals surface area contributed by atoms with Crippen molar-refractivity contribution in [2.45, 2.75) is 13.2 Å². The molecule has 2 N–H and O–H groups in total. The van der Waals surface area contributed by atoms with E-state index in [2.05, 4.69) is 15.0 Å². The number of aliphatic hydroxyl groups excluding tert-OH is 1. The van der Waals surface area contributed by atoms with Crippen LogP contribution in [0.3, 0.4) is 0 Å². The number of ether oxygens (including phenoxy) is 4. The van der Waals surface area contributed by atoms with E-state index in [0.717, 1.165) is 0 Å². The number of rotatable bonds is 8. The number of hydrogen-bond acceptors (Lipinski definition) is 8. The minimum absolute atomic E-state index is 0.0462. The first-order chi connectivity index (χ1) is 16.4. The lowest BCUT2D eigenvalue weighted by atomic mass is 10.2. The van der Waals surface area contributed by atoms with Crippen LogP contribution >= 0.6 is 11.6 Å². The normalized spacial score (nSPS) is 11.0. The van der Waals surface area contributed by atoms with Crippen molar-refractivity contribution >= 4 is 22.8 Å². The summed E-state index contributed by atoms with van der Waals surface area (Å²) in [6, 6.07) is 7.36. The monoisotopic (exact) mass is 490 g/mol. The number of imidazole rings is 1. The molecule has 0 radical (unpaired) electrons. The molecule has 0 saturated carbocycles. The van der Waals surface area contributed by atoms with E-state index >= 15 is 0 Å². The van der Waals surface area contributed by atoms with Gasteiger partial charge in [0.25, 0.3) is 0 Å². The zero-order valence-corrected chi connectivity index (χ0v) is 19.1. The van der Waals surface area contributed by atoms with Gasteiger partial charge in [0.1, 0.15) is 30.3 Å².